The molecule has 0 amide bonds. The third kappa shape index (κ3) is 2.32. The van der Waals surface area contributed by atoms with E-state index in [9.17, 15) is 4.79 Å². The van der Waals surface area contributed by atoms with E-state index in [1.54, 1.807) is 7.11 Å². The van der Waals surface area contributed by atoms with Crippen LogP contribution in [0.3, 0.4) is 0 Å². The van der Waals surface area contributed by atoms with Gasteiger partial charge in [0.25, 0.3) is 0 Å². The zero-order chi connectivity index (χ0) is 13.1. The van der Waals surface area contributed by atoms with Gasteiger partial charge >= 0.3 is 5.97 Å². The van der Waals surface area contributed by atoms with Crippen molar-refractivity contribution in [2.75, 3.05) is 14.2 Å². The molecule has 94 valence electrons. The molecule has 0 saturated carbocycles. The van der Waals surface area contributed by atoms with Crippen molar-refractivity contribution < 1.29 is 14.3 Å². The van der Waals surface area contributed by atoms with Gasteiger partial charge in [-0.2, -0.15) is 4.37 Å². The number of benzene rings is 1. The van der Waals surface area contributed by atoms with Crippen molar-refractivity contribution in [3.05, 3.63) is 34.2 Å². The lowest BCUT2D eigenvalue weighted by Crippen LogP contribution is -1.98. The monoisotopic (exact) mass is 283 g/mol. The fourth-order valence-corrected chi connectivity index (χ4v) is 2.54. The van der Waals surface area contributed by atoms with Gasteiger partial charge in [-0.05, 0) is 23.7 Å². The molecule has 2 rings (SSSR count). The van der Waals surface area contributed by atoms with Gasteiger partial charge in [-0.1, -0.05) is 23.7 Å². The number of hydrogen-bond acceptors (Lipinski definition) is 5. The van der Waals surface area contributed by atoms with Crippen molar-refractivity contribution >= 4 is 29.1 Å². The lowest BCUT2D eigenvalue weighted by molar-refractivity contribution is 0.0606. The summed E-state index contributed by atoms with van der Waals surface area (Å²) in [5.74, 6) is 0.225. The summed E-state index contributed by atoms with van der Waals surface area (Å²) in [4.78, 5) is 11.7. The lowest BCUT2D eigenvalue weighted by Gasteiger charge is -2.02. The Morgan fingerprint density at radius 2 is 2.17 bits per heavy atom. The first-order chi connectivity index (χ1) is 8.67. The SMILES string of the molecule is COC(=O)c1snc(-c2cccc(OC)c2)c1Cl. The predicted octanol–water partition coefficient (Wildman–Crippen LogP) is 3.26. The summed E-state index contributed by atoms with van der Waals surface area (Å²) in [6.45, 7) is 0. The minimum atomic E-state index is -0.480. The second kappa shape index (κ2) is 5.37. The molecule has 1 aromatic heterocycles. The van der Waals surface area contributed by atoms with Crippen molar-refractivity contribution in [1.29, 1.82) is 0 Å². The molecule has 0 spiro atoms. The summed E-state index contributed by atoms with van der Waals surface area (Å²) in [7, 11) is 2.89. The smallest absolute Gasteiger partial charge is 0.351 e. The highest BCUT2D eigenvalue weighted by atomic mass is 35.5. The van der Waals surface area contributed by atoms with Gasteiger partial charge < -0.3 is 9.47 Å². The molecule has 0 bridgehead atoms. The van der Waals surface area contributed by atoms with Crippen LogP contribution in [0.5, 0.6) is 5.75 Å². The summed E-state index contributed by atoms with van der Waals surface area (Å²) in [6, 6.07) is 7.32. The molecular weight excluding hydrogens is 274 g/mol. The zero-order valence-electron chi connectivity index (χ0n) is 9.77. The molecular formula is C12H10ClNO3S. The third-order valence-electron chi connectivity index (χ3n) is 2.35. The molecule has 0 aliphatic heterocycles. The fraction of sp³-hybridized carbons (Fsp3) is 0.167. The number of carbonyl (C=O) groups excluding carboxylic acids is 1. The summed E-state index contributed by atoms with van der Waals surface area (Å²) >= 11 is 7.15. The van der Waals surface area contributed by atoms with E-state index >= 15 is 0 Å². The summed E-state index contributed by atoms with van der Waals surface area (Å²) in [6.07, 6.45) is 0. The van der Waals surface area contributed by atoms with Crippen LogP contribution in [-0.2, 0) is 4.74 Å². The molecule has 0 atom stereocenters. The van der Waals surface area contributed by atoms with Crippen LogP contribution in [0.1, 0.15) is 9.67 Å². The van der Waals surface area contributed by atoms with Crippen LogP contribution < -0.4 is 4.74 Å². The molecule has 0 saturated heterocycles. The minimum absolute atomic E-state index is 0.303. The molecule has 0 aliphatic carbocycles. The molecule has 1 heterocycles. The van der Waals surface area contributed by atoms with Crippen molar-refractivity contribution in [3.63, 3.8) is 0 Å². The number of hydrogen-bond donors (Lipinski definition) is 0. The molecule has 18 heavy (non-hydrogen) atoms. The van der Waals surface area contributed by atoms with Gasteiger partial charge in [0.1, 0.15) is 11.4 Å². The number of carbonyl (C=O) groups is 1. The molecule has 0 unspecified atom stereocenters. The number of nitrogens with zero attached hydrogens (tertiary/aromatic N) is 1. The first-order valence-corrected chi connectivity index (χ1v) is 6.20. The molecule has 1 aromatic carbocycles. The molecule has 0 aliphatic rings. The van der Waals surface area contributed by atoms with E-state index in [0.717, 1.165) is 17.1 Å². The third-order valence-corrected chi connectivity index (χ3v) is 3.66. The maximum Gasteiger partial charge on any atom is 0.351 e. The first kappa shape index (κ1) is 12.9. The van der Waals surface area contributed by atoms with Gasteiger partial charge in [0, 0.05) is 5.56 Å². The van der Waals surface area contributed by atoms with Crippen molar-refractivity contribution in [3.8, 4) is 17.0 Å². The average molecular weight is 284 g/mol. The highest BCUT2D eigenvalue weighted by Crippen LogP contribution is 2.34. The van der Waals surface area contributed by atoms with Gasteiger partial charge in [0.15, 0.2) is 4.88 Å². The molecule has 4 nitrogen and oxygen atoms in total. The maximum atomic E-state index is 11.4. The Labute approximate surface area is 113 Å². The Morgan fingerprint density at radius 3 is 2.83 bits per heavy atom. The van der Waals surface area contributed by atoms with Gasteiger partial charge in [-0.3, -0.25) is 0 Å². The molecule has 0 N–H and O–H groups in total. The average Bonchev–Trinajstić information content (AvgIpc) is 2.80. The molecule has 6 heteroatoms. The van der Waals surface area contributed by atoms with E-state index in [1.165, 1.54) is 7.11 Å². The summed E-state index contributed by atoms with van der Waals surface area (Å²) < 4.78 is 13.9. The largest absolute Gasteiger partial charge is 0.497 e. The van der Waals surface area contributed by atoms with E-state index < -0.39 is 5.97 Å². The zero-order valence-corrected chi connectivity index (χ0v) is 11.3. The summed E-state index contributed by atoms with van der Waals surface area (Å²) in [5.41, 5.74) is 1.35. The van der Waals surface area contributed by atoms with Crippen LogP contribution in [0.15, 0.2) is 24.3 Å². The van der Waals surface area contributed by atoms with Gasteiger partial charge in [0.05, 0.1) is 19.2 Å². The number of methoxy groups -OCH3 is 2. The number of halogens is 1. The van der Waals surface area contributed by atoms with E-state index in [-0.39, 0.29) is 0 Å². The van der Waals surface area contributed by atoms with E-state index in [0.29, 0.717) is 21.3 Å². The predicted molar refractivity (Wildman–Crippen MR) is 70.5 cm³/mol. The Bertz CT molecular complexity index is 582. The number of ether oxygens (including phenoxy) is 2. The number of aromatic nitrogens is 1. The fourth-order valence-electron chi connectivity index (χ4n) is 1.45. The Hall–Kier alpha value is -1.59. The van der Waals surface area contributed by atoms with Crippen LogP contribution in [0.2, 0.25) is 5.02 Å². The Morgan fingerprint density at radius 1 is 1.39 bits per heavy atom. The quantitative estimate of drug-likeness (QED) is 0.811. The first-order valence-electron chi connectivity index (χ1n) is 5.05. The maximum absolute atomic E-state index is 11.4. The van der Waals surface area contributed by atoms with Crippen molar-refractivity contribution in [2.45, 2.75) is 0 Å². The highest BCUT2D eigenvalue weighted by Gasteiger charge is 2.19. The normalized spacial score (nSPS) is 10.2. The van der Waals surface area contributed by atoms with Crippen LogP contribution >= 0.6 is 23.1 Å². The van der Waals surface area contributed by atoms with Crippen molar-refractivity contribution in [2.24, 2.45) is 0 Å². The van der Waals surface area contributed by atoms with E-state index in [1.807, 2.05) is 24.3 Å². The van der Waals surface area contributed by atoms with Crippen LogP contribution in [0.4, 0.5) is 0 Å². The summed E-state index contributed by atoms with van der Waals surface area (Å²) in [5, 5.41) is 0.306. The number of esters is 1. The van der Waals surface area contributed by atoms with E-state index in [2.05, 4.69) is 9.11 Å². The second-order valence-corrected chi connectivity index (χ2v) is 4.55. The van der Waals surface area contributed by atoms with Gasteiger partial charge in [0.2, 0.25) is 0 Å². The van der Waals surface area contributed by atoms with E-state index in [4.69, 9.17) is 16.3 Å². The van der Waals surface area contributed by atoms with Gasteiger partial charge in [-0.15, -0.1) is 0 Å². The van der Waals surface area contributed by atoms with Crippen LogP contribution in [-0.4, -0.2) is 24.6 Å². The van der Waals surface area contributed by atoms with Crippen LogP contribution in [0.25, 0.3) is 11.3 Å². The highest BCUT2D eigenvalue weighted by molar-refractivity contribution is 7.09. The minimum Gasteiger partial charge on any atom is -0.497 e. The topological polar surface area (TPSA) is 48.4 Å². The lowest BCUT2D eigenvalue weighted by atomic mass is 10.1. The molecule has 0 radical (unpaired) electrons. The van der Waals surface area contributed by atoms with Crippen LogP contribution in [0, 0.1) is 0 Å². The second-order valence-electron chi connectivity index (χ2n) is 3.40. The standard InChI is InChI=1S/C12H10ClNO3S/c1-16-8-5-3-4-7(6-8)10-9(13)11(18-14-10)12(15)17-2/h3-6H,1-2H3. The Kier molecular flexibility index (Phi) is 3.84. The Balaban J connectivity index is 2.45. The number of rotatable bonds is 3. The molecule has 2 aromatic rings. The van der Waals surface area contributed by atoms with Crippen molar-refractivity contribution in [1.82, 2.24) is 4.37 Å². The van der Waals surface area contributed by atoms with Gasteiger partial charge in [-0.25, -0.2) is 4.79 Å². The molecule has 0 fully saturated rings.